The minimum absolute atomic E-state index is 0.168. The highest BCUT2D eigenvalue weighted by Gasteiger charge is 2.21. The van der Waals surface area contributed by atoms with Crippen LogP contribution >= 0.6 is 22.7 Å². The van der Waals surface area contributed by atoms with E-state index in [2.05, 4.69) is 108 Å². The summed E-state index contributed by atoms with van der Waals surface area (Å²) in [7, 11) is 0. The Labute approximate surface area is 342 Å². The summed E-state index contributed by atoms with van der Waals surface area (Å²) in [5.41, 5.74) is 6.31. The molecule has 0 saturated carbocycles. The van der Waals surface area contributed by atoms with Crippen molar-refractivity contribution < 1.29 is 6.85 Å². The third-order valence-corrected chi connectivity index (χ3v) is 13.1. The molecule has 8 aromatic carbocycles. The summed E-state index contributed by atoms with van der Waals surface area (Å²) in [6.45, 7) is 0. The van der Waals surface area contributed by atoms with Crippen LogP contribution in [0.2, 0.25) is 0 Å². The molecule has 0 aliphatic carbocycles. The Morgan fingerprint density at radius 1 is 0.404 bits per heavy atom. The van der Waals surface area contributed by atoms with Gasteiger partial charge in [-0.15, -0.1) is 22.7 Å². The van der Waals surface area contributed by atoms with Gasteiger partial charge in [0.25, 0.3) is 0 Å². The Balaban J connectivity index is 1.16. The number of hydrogen-bond donors (Lipinski definition) is 0. The number of thiophene rings is 2. The van der Waals surface area contributed by atoms with Crippen molar-refractivity contribution in [1.29, 1.82) is 0 Å². The van der Waals surface area contributed by atoms with E-state index in [4.69, 9.17) is 21.8 Å². The molecule has 0 bridgehead atoms. The fraction of sp³-hybridized carbons (Fsp3) is 0. The van der Waals surface area contributed by atoms with Gasteiger partial charge in [0.05, 0.1) is 17.9 Å². The first-order valence-electron chi connectivity index (χ1n) is 21.1. The summed E-state index contributed by atoms with van der Waals surface area (Å²) in [6, 6.07) is 50.3. The van der Waals surface area contributed by atoms with E-state index >= 15 is 0 Å². The molecule has 0 spiro atoms. The van der Waals surface area contributed by atoms with E-state index < -0.39 is 6.04 Å². The molecule has 0 radical (unpaired) electrons. The van der Waals surface area contributed by atoms with Crippen LogP contribution in [0.1, 0.15) is 6.85 Å². The average molecular weight is 768 g/mol. The van der Waals surface area contributed by atoms with Crippen molar-refractivity contribution in [3.63, 3.8) is 0 Å². The zero-order chi connectivity index (χ0) is 41.8. The van der Waals surface area contributed by atoms with E-state index in [1.807, 2.05) is 48.5 Å². The van der Waals surface area contributed by atoms with E-state index in [0.29, 0.717) is 23.0 Å². The Morgan fingerprint density at radius 2 is 1.04 bits per heavy atom. The predicted molar refractivity (Wildman–Crippen MR) is 242 cm³/mol. The van der Waals surface area contributed by atoms with E-state index in [1.54, 1.807) is 22.7 Å². The third kappa shape index (κ3) is 5.22. The largest absolute Gasteiger partial charge is 0.309 e. The molecular weight excluding hydrogens is 733 g/mol. The van der Waals surface area contributed by atoms with Crippen molar-refractivity contribution in [3.05, 3.63) is 182 Å². The number of para-hydroxylation sites is 2. The van der Waals surface area contributed by atoms with Gasteiger partial charge in [-0.25, -0.2) is 15.0 Å². The van der Waals surface area contributed by atoms with E-state index in [9.17, 15) is 0 Å². The lowest BCUT2D eigenvalue weighted by atomic mass is 10.0. The lowest BCUT2D eigenvalue weighted by Crippen LogP contribution is -2.01. The molecule has 57 heavy (non-hydrogen) atoms. The molecular formula is C51H30N4S2. The van der Waals surface area contributed by atoms with Crippen LogP contribution in [0.5, 0.6) is 0 Å². The number of aromatic nitrogens is 4. The molecule has 0 unspecified atom stereocenters. The van der Waals surface area contributed by atoms with Crippen LogP contribution in [-0.2, 0) is 0 Å². The van der Waals surface area contributed by atoms with Crippen LogP contribution in [0.3, 0.4) is 0 Å². The maximum absolute atomic E-state index is 8.80. The van der Waals surface area contributed by atoms with Crippen molar-refractivity contribution in [1.82, 2.24) is 19.5 Å². The topological polar surface area (TPSA) is 43.6 Å². The minimum atomic E-state index is -0.415. The summed E-state index contributed by atoms with van der Waals surface area (Å²) in [4.78, 5) is 15.7. The molecule has 0 saturated heterocycles. The molecule has 6 heteroatoms. The highest BCUT2D eigenvalue weighted by molar-refractivity contribution is 7.26. The highest BCUT2D eigenvalue weighted by Crippen LogP contribution is 2.44. The van der Waals surface area contributed by atoms with Crippen LogP contribution in [-0.4, -0.2) is 19.5 Å². The molecule has 4 heterocycles. The van der Waals surface area contributed by atoms with Crippen LogP contribution in [0.15, 0.2) is 182 Å². The van der Waals surface area contributed by atoms with Crippen molar-refractivity contribution in [2.75, 3.05) is 0 Å². The number of hydrogen-bond acceptors (Lipinski definition) is 5. The molecule has 0 atom stereocenters. The van der Waals surface area contributed by atoms with Gasteiger partial charge < -0.3 is 4.57 Å². The van der Waals surface area contributed by atoms with Gasteiger partial charge in [0, 0.05) is 73.5 Å². The van der Waals surface area contributed by atoms with Gasteiger partial charge in [-0.1, -0.05) is 133 Å². The summed E-state index contributed by atoms with van der Waals surface area (Å²) in [5.74, 6) is 1.64. The molecule has 0 fully saturated rings. The molecule has 0 aliphatic heterocycles. The van der Waals surface area contributed by atoms with Gasteiger partial charge >= 0.3 is 0 Å². The smallest absolute Gasteiger partial charge is 0.165 e. The van der Waals surface area contributed by atoms with Gasteiger partial charge in [0.15, 0.2) is 17.5 Å². The summed E-state index contributed by atoms with van der Waals surface area (Å²) < 4.78 is 49.2. The minimum Gasteiger partial charge on any atom is -0.309 e. The number of nitrogens with zero attached hydrogens (tertiary/aromatic N) is 4. The lowest BCUT2D eigenvalue weighted by molar-refractivity contribution is 1.08. The van der Waals surface area contributed by atoms with Crippen LogP contribution < -0.4 is 0 Å². The quantitative estimate of drug-likeness (QED) is 0.175. The molecule has 0 amide bonds. The first-order chi connectivity index (χ1) is 30.3. The van der Waals surface area contributed by atoms with E-state index in [1.165, 1.54) is 15.5 Å². The molecule has 12 aromatic rings. The van der Waals surface area contributed by atoms with Gasteiger partial charge in [-0.05, 0) is 59.7 Å². The number of benzene rings is 8. The van der Waals surface area contributed by atoms with Gasteiger partial charge in [-0.2, -0.15) is 0 Å². The Kier molecular flexibility index (Phi) is 6.18. The van der Waals surface area contributed by atoms with Crippen molar-refractivity contribution in [2.45, 2.75) is 0 Å². The first kappa shape index (κ1) is 27.6. The average Bonchev–Trinajstić information content (AvgIpc) is 3.99. The monoisotopic (exact) mass is 767 g/mol. The predicted octanol–water partition coefficient (Wildman–Crippen LogP) is 14.4. The van der Waals surface area contributed by atoms with E-state index in [0.717, 1.165) is 69.1 Å². The molecule has 12 rings (SSSR count). The second kappa shape index (κ2) is 12.8. The van der Waals surface area contributed by atoms with Gasteiger partial charge in [0.2, 0.25) is 0 Å². The second-order valence-electron chi connectivity index (χ2n) is 14.0. The SMILES string of the molecule is [2H]c1c([2H])c([2H])c(-c2ccc3sc4c(-c5nc(-c6ccccc6)nc(-c6ccc7c(c6)sc6ccccc67)n5)cc(-n5c6ccccc6c6ccccc65)cc4c3c2)c([2H])c1[2H]. The highest BCUT2D eigenvalue weighted by atomic mass is 32.1. The van der Waals surface area contributed by atoms with Crippen molar-refractivity contribution in [3.8, 4) is 51.0 Å². The van der Waals surface area contributed by atoms with Crippen LogP contribution in [0.25, 0.3) is 113 Å². The second-order valence-corrected chi connectivity index (χ2v) is 16.2. The molecule has 4 aromatic heterocycles. The van der Waals surface area contributed by atoms with Gasteiger partial charge in [0.1, 0.15) is 0 Å². The molecule has 0 N–H and O–H groups in total. The third-order valence-electron chi connectivity index (χ3n) is 10.7. The van der Waals surface area contributed by atoms with Gasteiger partial charge in [-0.3, -0.25) is 0 Å². The maximum atomic E-state index is 8.80. The molecule has 0 aliphatic rings. The maximum Gasteiger partial charge on any atom is 0.165 e. The standard InChI is InChI=1S/C51H30N4S2/c1-3-13-31(14-4-1)33-24-26-46-40(27-33)41-29-35(55-43-20-10-7-17-36(43)37-18-8-11-21-44(37)55)30-42(48(41)57-46)51-53-49(32-15-5-2-6-16-32)52-50(54-51)34-23-25-39-38-19-9-12-22-45(38)56-47(39)28-34/h1-30H/i1D,3D,4D,13D,14D. The Bertz CT molecular complexity index is 3750. The fourth-order valence-corrected chi connectivity index (χ4v) is 10.4. The summed E-state index contributed by atoms with van der Waals surface area (Å²) in [6.07, 6.45) is 0. The zero-order valence-corrected chi connectivity index (χ0v) is 31.7. The molecule has 4 nitrogen and oxygen atoms in total. The zero-order valence-electron chi connectivity index (χ0n) is 35.0. The first-order valence-corrected chi connectivity index (χ1v) is 20.2. The van der Waals surface area contributed by atoms with Crippen LogP contribution in [0, 0.1) is 0 Å². The van der Waals surface area contributed by atoms with E-state index in [-0.39, 0.29) is 29.7 Å². The van der Waals surface area contributed by atoms with Crippen LogP contribution in [0.4, 0.5) is 0 Å². The summed E-state index contributed by atoms with van der Waals surface area (Å²) >= 11 is 3.37. The van der Waals surface area contributed by atoms with Crippen molar-refractivity contribution in [2.24, 2.45) is 0 Å². The Hall–Kier alpha value is -6.99. The lowest BCUT2D eigenvalue weighted by Gasteiger charge is -2.13. The number of fused-ring (bicyclic) bond motifs is 9. The van der Waals surface area contributed by atoms with Crippen molar-refractivity contribution >= 4 is 84.8 Å². The summed E-state index contributed by atoms with van der Waals surface area (Å²) in [5, 5.41) is 6.52. The normalized spacial score (nSPS) is 13.1. The fourth-order valence-electron chi connectivity index (χ4n) is 8.12. The Morgan fingerprint density at radius 3 is 1.82 bits per heavy atom. The molecule has 266 valence electrons. The number of rotatable bonds is 5.